The summed E-state index contributed by atoms with van der Waals surface area (Å²) in [6.45, 7) is 3.71. The first-order chi connectivity index (χ1) is 24.8. The molecule has 9 nitrogen and oxygen atoms in total. The minimum Gasteiger partial charge on any atom is -0.462 e. The summed E-state index contributed by atoms with van der Waals surface area (Å²) in [5.74, 6) is -0.875. The first kappa shape index (κ1) is 49.8. The van der Waals surface area contributed by atoms with Crippen molar-refractivity contribution in [1.82, 2.24) is 0 Å². The number of unbranched alkanes of at least 4 members (excludes halogenated alkanes) is 25. The van der Waals surface area contributed by atoms with Crippen molar-refractivity contribution in [2.75, 3.05) is 26.4 Å². The van der Waals surface area contributed by atoms with E-state index >= 15 is 0 Å². The SMILES string of the molecule is CCCCCCCCCCCCC/C=C/CCC(=O)O[C@H](COC(=O)CCCCCCCCCCCCCCCCC)COP(=O)(O)OCCN. The van der Waals surface area contributed by atoms with E-state index in [2.05, 4.69) is 19.9 Å². The summed E-state index contributed by atoms with van der Waals surface area (Å²) < 4.78 is 32.7. The van der Waals surface area contributed by atoms with E-state index in [-0.39, 0.29) is 38.6 Å². The van der Waals surface area contributed by atoms with Crippen LogP contribution in [0.15, 0.2) is 12.2 Å². The Labute approximate surface area is 313 Å². The Morgan fingerprint density at radius 1 is 0.569 bits per heavy atom. The van der Waals surface area contributed by atoms with Gasteiger partial charge in [0.05, 0.1) is 13.2 Å². The van der Waals surface area contributed by atoms with Crippen molar-refractivity contribution in [2.24, 2.45) is 5.73 Å². The highest BCUT2D eigenvalue weighted by atomic mass is 31.2. The molecule has 51 heavy (non-hydrogen) atoms. The first-order valence-corrected chi connectivity index (χ1v) is 22.7. The lowest BCUT2D eigenvalue weighted by Gasteiger charge is -2.19. The Morgan fingerprint density at radius 3 is 1.47 bits per heavy atom. The molecule has 0 rings (SSSR count). The predicted molar refractivity (Wildman–Crippen MR) is 211 cm³/mol. The average molecular weight is 746 g/mol. The zero-order chi connectivity index (χ0) is 37.5. The number of carbonyl (C=O) groups excluding carboxylic acids is 2. The molecule has 0 amide bonds. The molecule has 0 fully saturated rings. The van der Waals surface area contributed by atoms with Crippen molar-refractivity contribution >= 4 is 19.8 Å². The van der Waals surface area contributed by atoms with Crippen molar-refractivity contribution in [2.45, 2.75) is 213 Å². The van der Waals surface area contributed by atoms with Gasteiger partial charge in [-0.1, -0.05) is 180 Å². The van der Waals surface area contributed by atoms with Gasteiger partial charge in [-0.3, -0.25) is 18.6 Å². The van der Waals surface area contributed by atoms with Gasteiger partial charge < -0.3 is 20.1 Å². The molecule has 0 aromatic heterocycles. The van der Waals surface area contributed by atoms with E-state index in [4.69, 9.17) is 24.3 Å². The normalized spacial score (nSPS) is 13.4. The summed E-state index contributed by atoms with van der Waals surface area (Å²) in [4.78, 5) is 34.8. The highest BCUT2D eigenvalue weighted by Crippen LogP contribution is 2.43. The molecule has 0 heterocycles. The van der Waals surface area contributed by atoms with Gasteiger partial charge in [0, 0.05) is 19.4 Å². The Hall–Kier alpha value is -1.25. The second kappa shape index (κ2) is 38.5. The standard InChI is InChI=1S/C41H80NO8P/c1-3-5-7-9-11-13-15-17-19-21-23-25-27-29-31-33-40(43)47-37-39(38-49-51(45,46)48-36-35-42)50-41(44)34-32-30-28-26-24-22-20-18-16-14-12-10-8-6-4-2/h28,30,39H,3-27,29,31-38,42H2,1-2H3,(H,45,46)/b30-28+/t39-/m1/s1. The van der Waals surface area contributed by atoms with Crippen molar-refractivity contribution in [3.8, 4) is 0 Å². The van der Waals surface area contributed by atoms with Crippen LogP contribution in [0.4, 0.5) is 0 Å². The number of phosphoric acid groups is 1. The van der Waals surface area contributed by atoms with Gasteiger partial charge in [-0.25, -0.2) is 4.57 Å². The maximum atomic E-state index is 12.5. The maximum Gasteiger partial charge on any atom is 0.472 e. The average Bonchev–Trinajstić information content (AvgIpc) is 3.11. The molecule has 1 unspecified atom stereocenters. The van der Waals surface area contributed by atoms with Gasteiger partial charge in [-0.05, 0) is 25.7 Å². The monoisotopic (exact) mass is 746 g/mol. The number of rotatable bonds is 40. The van der Waals surface area contributed by atoms with E-state index < -0.39 is 26.5 Å². The van der Waals surface area contributed by atoms with E-state index in [1.54, 1.807) is 0 Å². The summed E-state index contributed by atoms with van der Waals surface area (Å²) in [5, 5.41) is 0. The molecule has 0 aliphatic rings. The van der Waals surface area contributed by atoms with E-state index in [0.29, 0.717) is 6.42 Å². The lowest BCUT2D eigenvalue weighted by molar-refractivity contribution is -0.161. The topological polar surface area (TPSA) is 134 Å². The number of allylic oxidation sites excluding steroid dienone is 2. The van der Waals surface area contributed by atoms with Gasteiger partial charge >= 0.3 is 19.8 Å². The van der Waals surface area contributed by atoms with Crippen LogP contribution in [0.1, 0.15) is 206 Å². The highest BCUT2D eigenvalue weighted by Gasteiger charge is 2.25. The maximum absolute atomic E-state index is 12.5. The molecular formula is C41H80NO8P. The third kappa shape index (κ3) is 38.3. The van der Waals surface area contributed by atoms with Crippen LogP contribution in [0.25, 0.3) is 0 Å². The minimum atomic E-state index is -4.38. The van der Waals surface area contributed by atoms with E-state index in [1.807, 2.05) is 6.08 Å². The Morgan fingerprint density at radius 2 is 1.00 bits per heavy atom. The molecule has 0 spiro atoms. The number of esters is 2. The smallest absolute Gasteiger partial charge is 0.462 e. The van der Waals surface area contributed by atoms with Crippen LogP contribution in [0.3, 0.4) is 0 Å². The molecule has 2 atom stereocenters. The number of phosphoric ester groups is 1. The third-order valence-electron chi connectivity index (χ3n) is 9.16. The van der Waals surface area contributed by atoms with Crippen LogP contribution < -0.4 is 5.73 Å². The molecule has 3 N–H and O–H groups in total. The molecule has 302 valence electrons. The van der Waals surface area contributed by atoms with Crippen LogP contribution in [0, 0.1) is 0 Å². The van der Waals surface area contributed by atoms with Crippen LogP contribution in [0.5, 0.6) is 0 Å². The molecule has 0 radical (unpaired) electrons. The second-order valence-electron chi connectivity index (χ2n) is 14.2. The lowest BCUT2D eigenvalue weighted by atomic mass is 10.0. The lowest BCUT2D eigenvalue weighted by Crippen LogP contribution is -2.29. The summed E-state index contributed by atoms with van der Waals surface area (Å²) in [7, 11) is -4.38. The van der Waals surface area contributed by atoms with Gasteiger partial charge in [-0.2, -0.15) is 0 Å². The highest BCUT2D eigenvalue weighted by molar-refractivity contribution is 7.47. The Bertz CT molecular complexity index is 856. The van der Waals surface area contributed by atoms with Gasteiger partial charge in [0.2, 0.25) is 0 Å². The molecule has 0 bridgehead atoms. The van der Waals surface area contributed by atoms with Crippen LogP contribution in [-0.4, -0.2) is 49.3 Å². The van der Waals surface area contributed by atoms with Gasteiger partial charge in [-0.15, -0.1) is 0 Å². The summed E-state index contributed by atoms with van der Waals surface area (Å²) >= 11 is 0. The molecule has 0 saturated carbocycles. The van der Waals surface area contributed by atoms with Crippen molar-refractivity contribution in [3.05, 3.63) is 12.2 Å². The molecule has 0 aliphatic carbocycles. The zero-order valence-electron chi connectivity index (χ0n) is 33.1. The van der Waals surface area contributed by atoms with Gasteiger partial charge in [0.15, 0.2) is 6.10 Å². The third-order valence-corrected chi connectivity index (χ3v) is 10.1. The largest absolute Gasteiger partial charge is 0.472 e. The quantitative estimate of drug-likeness (QED) is 0.0272. The molecule has 0 aromatic rings. The zero-order valence-corrected chi connectivity index (χ0v) is 34.0. The summed E-state index contributed by atoms with van der Waals surface area (Å²) in [6, 6.07) is 0. The molecule has 0 aromatic carbocycles. The molecular weight excluding hydrogens is 665 g/mol. The molecule has 10 heteroatoms. The number of hydrogen-bond donors (Lipinski definition) is 2. The Kier molecular flexibility index (Phi) is 37.5. The van der Waals surface area contributed by atoms with Crippen LogP contribution in [-0.2, 0) is 32.7 Å². The van der Waals surface area contributed by atoms with Gasteiger partial charge in [0.25, 0.3) is 0 Å². The first-order valence-electron chi connectivity index (χ1n) is 21.2. The van der Waals surface area contributed by atoms with Gasteiger partial charge in [0.1, 0.15) is 6.61 Å². The van der Waals surface area contributed by atoms with Crippen molar-refractivity contribution in [3.63, 3.8) is 0 Å². The second-order valence-corrected chi connectivity index (χ2v) is 15.7. The molecule has 0 saturated heterocycles. The predicted octanol–water partition coefficient (Wildman–Crippen LogP) is 11.8. The fourth-order valence-electron chi connectivity index (χ4n) is 6.01. The van der Waals surface area contributed by atoms with Crippen molar-refractivity contribution < 1.29 is 37.6 Å². The van der Waals surface area contributed by atoms with E-state index in [0.717, 1.165) is 32.1 Å². The van der Waals surface area contributed by atoms with E-state index in [9.17, 15) is 19.0 Å². The number of hydrogen-bond acceptors (Lipinski definition) is 8. The summed E-state index contributed by atoms with van der Waals surface area (Å²) in [5.41, 5.74) is 5.34. The number of ether oxygens (including phenoxy) is 2. The number of carbonyl (C=O) groups is 2. The fraction of sp³-hybridized carbons (Fsp3) is 0.902. The Balaban J connectivity index is 4.18. The fourth-order valence-corrected chi connectivity index (χ4v) is 6.77. The molecule has 0 aliphatic heterocycles. The number of nitrogens with two attached hydrogens (primary N) is 1. The van der Waals surface area contributed by atoms with Crippen LogP contribution >= 0.6 is 7.82 Å². The van der Waals surface area contributed by atoms with Crippen molar-refractivity contribution in [1.29, 1.82) is 0 Å². The summed E-state index contributed by atoms with van der Waals surface area (Å²) in [6.07, 6.45) is 38.2. The van der Waals surface area contributed by atoms with Crippen LogP contribution in [0.2, 0.25) is 0 Å². The van der Waals surface area contributed by atoms with E-state index in [1.165, 1.54) is 141 Å². The minimum absolute atomic E-state index is 0.0516.